The summed E-state index contributed by atoms with van der Waals surface area (Å²) in [4.78, 5) is 16.6. The molecular formula is C11H18N4O4. The van der Waals surface area contributed by atoms with Crippen LogP contribution in [0.25, 0.3) is 0 Å². The summed E-state index contributed by atoms with van der Waals surface area (Å²) in [7, 11) is 0. The second kappa shape index (κ2) is 6.07. The first-order valence-corrected chi connectivity index (χ1v) is 6.47. The molecule has 1 saturated heterocycles. The van der Waals surface area contributed by atoms with Gasteiger partial charge in [-0.3, -0.25) is 15.0 Å². The Morgan fingerprint density at radius 1 is 1.42 bits per heavy atom. The first-order chi connectivity index (χ1) is 9.13. The van der Waals surface area contributed by atoms with Crippen molar-refractivity contribution in [3.63, 3.8) is 0 Å². The molecule has 0 N–H and O–H groups in total. The molecule has 1 aromatic rings. The third-order valence-corrected chi connectivity index (χ3v) is 3.26. The Bertz CT molecular complexity index is 432. The maximum atomic E-state index is 10.6. The SMILES string of the molecule is CCN(CC)Cc1nc(C2CCC([N+](=O)[O-])O2)no1. The van der Waals surface area contributed by atoms with Crippen molar-refractivity contribution in [1.82, 2.24) is 15.0 Å². The molecule has 0 aromatic carbocycles. The Hall–Kier alpha value is -1.54. The van der Waals surface area contributed by atoms with Crippen molar-refractivity contribution in [1.29, 1.82) is 0 Å². The van der Waals surface area contributed by atoms with E-state index in [0.717, 1.165) is 13.1 Å². The lowest BCUT2D eigenvalue weighted by atomic mass is 10.2. The van der Waals surface area contributed by atoms with E-state index < -0.39 is 17.3 Å². The fourth-order valence-electron chi connectivity index (χ4n) is 2.07. The molecule has 1 aromatic heterocycles. The van der Waals surface area contributed by atoms with Crippen LogP contribution in [-0.4, -0.2) is 39.3 Å². The topological polar surface area (TPSA) is 94.5 Å². The van der Waals surface area contributed by atoms with Gasteiger partial charge in [-0.15, -0.1) is 0 Å². The summed E-state index contributed by atoms with van der Waals surface area (Å²) in [6.45, 7) is 6.51. The number of nitro groups is 1. The van der Waals surface area contributed by atoms with Gasteiger partial charge in [0.1, 0.15) is 6.10 Å². The minimum atomic E-state index is -0.949. The van der Waals surface area contributed by atoms with Crippen molar-refractivity contribution in [2.24, 2.45) is 0 Å². The molecule has 1 aliphatic rings. The van der Waals surface area contributed by atoms with E-state index in [9.17, 15) is 10.1 Å². The second-order valence-corrected chi connectivity index (χ2v) is 4.45. The molecule has 106 valence electrons. The van der Waals surface area contributed by atoms with Crippen molar-refractivity contribution < 1.29 is 14.2 Å². The van der Waals surface area contributed by atoms with Crippen LogP contribution in [0.2, 0.25) is 0 Å². The van der Waals surface area contributed by atoms with Crippen LogP contribution in [0.3, 0.4) is 0 Å². The van der Waals surface area contributed by atoms with Gasteiger partial charge in [0.05, 0.1) is 11.5 Å². The van der Waals surface area contributed by atoms with Crippen molar-refractivity contribution in [2.45, 2.75) is 45.6 Å². The lowest BCUT2D eigenvalue weighted by Gasteiger charge is -2.14. The van der Waals surface area contributed by atoms with E-state index in [1.807, 2.05) is 0 Å². The fraction of sp³-hybridized carbons (Fsp3) is 0.818. The van der Waals surface area contributed by atoms with Gasteiger partial charge in [-0.2, -0.15) is 4.98 Å². The molecule has 8 heteroatoms. The molecule has 1 fully saturated rings. The largest absolute Gasteiger partial charge is 0.338 e. The summed E-state index contributed by atoms with van der Waals surface area (Å²) in [5, 5.41) is 14.5. The van der Waals surface area contributed by atoms with Crippen LogP contribution in [0.15, 0.2) is 4.52 Å². The van der Waals surface area contributed by atoms with Crippen LogP contribution in [0.5, 0.6) is 0 Å². The highest BCUT2D eigenvalue weighted by Gasteiger charge is 2.36. The van der Waals surface area contributed by atoms with E-state index in [0.29, 0.717) is 31.1 Å². The monoisotopic (exact) mass is 270 g/mol. The molecule has 2 rings (SSSR count). The zero-order valence-electron chi connectivity index (χ0n) is 11.1. The van der Waals surface area contributed by atoms with Crippen LogP contribution < -0.4 is 0 Å². The Kier molecular flexibility index (Phi) is 4.43. The smallest absolute Gasteiger partial charge is 0.316 e. The van der Waals surface area contributed by atoms with E-state index in [1.165, 1.54) is 0 Å². The highest BCUT2D eigenvalue weighted by atomic mass is 16.7. The lowest BCUT2D eigenvalue weighted by molar-refractivity contribution is -0.572. The molecule has 0 radical (unpaired) electrons. The van der Waals surface area contributed by atoms with Gasteiger partial charge >= 0.3 is 6.23 Å². The molecular weight excluding hydrogens is 252 g/mol. The van der Waals surface area contributed by atoms with Crippen LogP contribution >= 0.6 is 0 Å². The lowest BCUT2D eigenvalue weighted by Crippen LogP contribution is -2.22. The van der Waals surface area contributed by atoms with Gasteiger partial charge in [-0.05, 0) is 19.5 Å². The summed E-state index contributed by atoms with van der Waals surface area (Å²) in [5.74, 6) is 0.929. The maximum absolute atomic E-state index is 10.6. The van der Waals surface area contributed by atoms with Crippen LogP contribution in [-0.2, 0) is 11.3 Å². The van der Waals surface area contributed by atoms with E-state index in [1.54, 1.807) is 0 Å². The van der Waals surface area contributed by atoms with Crippen molar-refractivity contribution in [2.75, 3.05) is 13.1 Å². The minimum Gasteiger partial charge on any atom is -0.338 e. The molecule has 0 spiro atoms. The average Bonchev–Trinajstić information content (AvgIpc) is 3.04. The van der Waals surface area contributed by atoms with E-state index in [2.05, 4.69) is 28.9 Å². The number of hydrogen-bond donors (Lipinski definition) is 0. The van der Waals surface area contributed by atoms with Crippen molar-refractivity contribution in [3.05, 3.63) is 21.8 Å². The van der Waals surface area contributed by atoms with E-state index in [4.69, 9.17) is 9.26 Å². The number of nitrogens with zero attached hydrogens (tertiary/aromatic N) is 4. The van der Waals surface area contributed by atoms with Crippen molar-refractivity contribution in [3.8, 4) is 0 Å². The normalized spacial score (nSPS) is 23.1. The zero-order valence-corrected chi connectivity index (χ0v) is 11.1. The van der Waals surface area contributed by atoms with Gasteiger partial charge in [-0.1, -0.05) is 19.0 Å². The predicted octanol–water partition coefficient (Wildman–Crippen LogP) is 1.37. The molecule has 0 bridgehead atoms. The number of ether oxygens (including phenoxy) is 1. The van der Waals surface area contributed by atoms with Crippen LogP contribution in [0, 0.1) is 10.1 Å². The third kappa shape index (κ3) is 3.27. The second-order valence-electron chi connectivity index (χ2n) is 4.45. The summed E-state index contributed by atoms with van der Waals surface area (Å²) in [6.07, 6.45) is -0.438. The summed E-state index contributed by atoms with van der Waals surface area (Å²) in [6, 6.07) is 0. The van der Waals surface area contributed by atoms with E-state index in [-0.39, 0.29) is 0 Å². The molecule has 0 aliphatic carbocycles. The molecule has 8 nitrogen and oxygen atoms in total. The average molecular weight is 270 g/mol. The fourth-order valence-corrected chi connectivity index (χ4v) is 2.07. The molecule has 2 unspecified atom stereocenters. The first-order valence-electron chi connectivity index (χ1n) is 6.47. The minimum absolute atomic E-state index is 0.386. The Morgan fingerprint density at radius 3 is 2.74 bits per heavy atom. The zero-order chi connectivity index (χ0) is 13.8. The summed E-state index contributed by atoms with van der Waals surface area (Å²) < 4.78 is 10.4. The molecule has 19 heavy (non-hydrogen) atoms. The predicted molar refractivity (Wildman–Crippen MR) is 64.8 cm³/mol. The van der Waals surface area contributed by atoms with Crippen molar-refractivity contribution >= 4 is 0 Å². The van der Waals surface area contributed by atoms with Gasteiger partial charge in [0.2, 0.25) is 11.7 Å². The van der Waals surface area contributed by atoms with E-state index >= 15 is 0 Å². The van der Waals surface area contributed by atoms with Gasteiger partial charge in [0, 0.05) is 6.42 Å². The Balaban J connectivity index is 1.96. The van der Waals surface area contributed by atoms with Gasteiger partial charge in [-0.25, -0.2) is 0 Å². The molecule has 0 amide bonds. The molecule has 2 atom stereocenters. The number of aromatic nitrogens is 2. The van der Waals surface area contributed by atoms with Gasteiger partial charge < -0.3 is 9.26 Å². The van der Waals surface area contributed by atoms with Crippen LogP contribution in [0.4, 0.5) is 0 Å². The summed E-state index contributed by atoms with van der Waals surface area (Å²) >= 11 is 0. The Morgan fingerprint density at radius 2 is 2.16 bits per heavy atom. The first kappa shape index (κ1) is 13.9. The van der Waals surface area contributed by atoms with Crippen LogP contribution in [0.1, 0.15) is 44.5 Å². The summed E-state index contributed by atoms with van der Waals surface area (Å²) in [5.41, 5.74) is 0. The number of rotatable bonds is 6. The Labute approximate surface area is 110 Å². The van der Waals surface area contributed by atoms with Gasteiger partial charge in [0.25, 0.3) is 0 Å². The number of hydrogen-bond acceptors (Lipinski definition) is 7. The third-order valence-electron chi connectivity index (χ3n) is 3.26. The molecule has 2 heterocycles. The maximum Gasteiger partial charge on any atom is 0.316 e. The standard InChI is InChI=1S/C11H18N4O4/c1-3-14(4-2)7-9-12-11(13-19-9)8-5-6-10(18-8)15(16)17/h8,10H,3-7H2,1-2H3. The molecule has 0 saturated carbocycles. The highest BCUT2D eigenvalue weighted by molar-refractivity contribution is 4.93. The van der Waals surface area contributed by atoms with Gasteiger partial charge in [0.15, 0.2) is 0 Å². The molecule has 1 aliphatic heterocycles. The highest BCUT2D eigenvalue weighted by Crippen LogP contribution is 2.31. The quantitative estimate of drug-likeness (QED) is 0.569.